The topological polar surface area (TPSA) is 101 Å². The number of rotatable bonds is 4. The number of nitrogens with zero attached hydrogens (tertiary/aromatic N) is 2. The van der Waals surface area contributed by atoms with Crippen LogP contribution in [0.1, 0.15) is 31.9 Å². The molecule has 3 aromatic heterocycles. The predicted molar refractivity (Wildman–Crippen MR) is 114 cm³/mol. The van der Waals surface area contributed by atoms with Crippen LogP contribution in [0.2, 0.25) is 5.02 Å². The van der Waals surface area contributed by atoms with Gasteiger partial charge in [0.15, 0.2) is 0 Å². The minimum atomic E-state index is -0.542. The summed E-state index contributed by atoms with van der Waals surface area (Å²) in [7, 11) is 0. The molecule has 0 bridgehead atoms. The first kappa shape index (κ1) is 19.1. The lowest BCUT2D eigenvalue weighted by Gasteiger charge is -2.22. The van der Waals surface area contributed by atoms with Crippen molar-refractivity contribution in [3.63, 3.8) is 0 Å². The van der Waals surface area contributed by atoms with E-state index in [1.807, 2.05) is 13.8 Å². The van der Waals surface area contributed by atoms with E-state index in [4.69, 9.17) is 11.6 Å². The van der Waals surface area contributed by atoms with Gasteiger partial charge in [-0.05, 0) is 48.2 Å². The predicted octanol–water partition coefficient (Wildman–Crippen LogP) is 3.22. The first-order valence-electron chi connectivity index (χ1n) is 9.27. The molecule has 0 radical (unpaired) electrons. The average molecular weight is 411 g/mol. The molecule has 8 heteroatoms. The fourth-order valence-corrected chi connectivity index (χ4v) is 3.79. The summed E-state index contributed by atoms with van der Waals surface area (Å²) in [6, 6.07) is 7.86. The molecule has 3 heterocycles. The van der Waals surface area contributed by atoms with Gasteiger partial charge in [-0.15, -0.1) is 0 Å². The molecule has 7 nitrogen and oxygen atoms in total. The van der Waals surface area contributed by atoms with Crippen LogP contribution in [0, 0.1) is 5.92 Å². The zero-order chi connectivity index (χ0) is 20.7. The van der Waals surface area contributed by atoms with Crippen LogP contribution in [0.15, 0.2) is 57.1 Å². The van der Waals surface area contributed by atoms with Gasteiger partial charge in [0, 0.05) is 22.8 Å². The number of H-pyrrole nitrogens is 2. The van der Waals surface area contributed by atoms with E-state index >= 15 is 0 Å². The van der Waals surface area contributed by atoms with Crippen LogP contribution in [-0.2, 0) is 0 Å². The highest BCUT2D eigenvalue weighted by Gasteiger charge is 2.22. The number of benzene rings is 1. The van der Waals surface area contributed by atoms with Gasteiger partial charge < -0.3 is 4.98 Å². The lowest BCUT2D eigenvalue weighted by atomic mass is 9.98. The third-order valence-electron chi connectivity index (χ3n) is 4.94. The lowest BCUT2D eigenvalue weighted by Crippen LogP contribution is -2.37. The number of aromatic amines is 2. The van der Waals surface area contributed by atoms with Crippen LogP contribution in [0.25, 0.3) is 21.8 Å². The number of pyridine rings is 2. The molecule has 1 unspecified atom stereocenters. The number of halogens is 1. The van der Waals surface area contributed by atoms with Crippen LogP contribution < -0.4 is 16.5 Å². The number of fused-ring (bicyclic) bond motifs is 2. The van der Waals surface area contributed by atoms with E-state index in [2.05, 4.69) is 15.1 Å². The fourth-order valence-electron chi connectivity index (χ4n) is 3.62. The smallest absolute Gasteiger partial charge is 0.287 e. The summed E-state index contributed by atoms with van der Waals surface area (Å²) in [5, 5.41) is 3.22. The first-order chi connectivity index (χ1) is 13.9. The minimum absolute atomic E-state index is 0.0518. The molecule has 0 saturated heterocycles. The van der Waals surface area contributed by atoms with Gasteiger partial charge in [-0.3, -0.25) is 24.5 Å². The van der Waals surface area contributed by atoms with Gasteiger partial charge >= 0.3 is 0 Å². The molecule has 0 spiro atoms. The third-order valence-corrected chi connectivity index (χ3v) is 5.18. The standard InChI is InChI=1S/C21H19ClN4O3/c1-11(2)9-16(12-5-7-23-8-6-12)26-21(29)17-18(20(28)25-26)24-15-10-13(22)3-4-14(15)19(17)27/h3-8,10-11,16H,9H2,1-2H3,(H,24,27)(H,25,28). The van der Waals surface area contributed by atoms with E-state index < -0.39 is 22.6 Å². The van der Waals surface area contributed by atoms with Crippen molar-refractivity contribution in [3.05, 3.63) is 84.2 Å². The summed E-state index contributed by atoms with van der Waals surface area (Å²) in [4.78, 5) is 46.1. The van der Waals surface area contributed by atoms with Gasteiger partial charge in [0.1, 0.15) is 10.9 Å². The Bertz CT molecular complexity index is 1390. The summed E-state index contributed by atoms with van der Waals surface area (Å²) >= 11 is 6.00. The molecular formula is C21H19ClN4O3. The molecule has 148 valence electrons. The molecule has 4 rings (SSSR count). The number of hydrogen-bond donors (Lipinski definition) is 2. The highest BCUT2D eigenvalue weighted by Crippen LogP contribution is 2.23. The van der Waals surface area contributed by atoms with Crippen LogP contribution in [0.3, 0.4) is 0 Å². The Hall–Kier alpha value is -3.19. The Morgan fingerprint density at radius 1 is 1.10 bits per heavy atom. The number of aromatic nitrogens is 4. The zero-order valence-electron chi connectivity index (χ0n) is 15.9. The van der Waals surface area contributed by atoms with Crippen molar-refractivity contribution in [2.45, 2.75) is 26.3 Å². The average Bonchev–Trinajstić information content (AvgIpc) is 2.69. The second-order valence-electron chi connectivity index (χ2n) is 7.44. The van der Waals surface area contributed by atoms with Crippen LogP contribution in [0.5, 0.6) is 0 Å². The Morgan fingerprint density at radius 2 is 1.83 bits per heavy atom. The maximum Gasteiger partial charge on any atom is 0.287 e. The molecule has 0 aliphatic heterocycles. The van der Waals surface area contributed by atoms with E-state index in [9.17, 15) is 14.4 Å². The summed E-state index contributed by atoms with van der Waals surface area (Å²) in [5.74, 6) is 0.247. The molecule has 4 aromatic rings. The molecule has 0 aliphatic carbocycles. The quantitative estimate of drug-likeness (QED) is 0.504. The van der Waals surface area contributed by atoms with Gasteiger partial charge in [0.05, 0.1) is 11.6 Å². The van der Waals surface area contributed by atoms with Crippen LogP contribution in [0.4, 0.5) is 0 Å². The SMILES string of the molecule is CC(C)CC(c1ccncc1)n1[nH]c(=O)c2[nH]c3cc(Cl)ccc3c(=O)c2c1=O. The molecule has 2 N–H and O–H groups in total. The number of nitrogens with one attached hydrogen (secondary N) is 2. The molecule has 0 saturated carbocycles. The Balaban J connectivity index is 2.07. The van der Waals surface area contributed by atoms with Crippen molar-refractivity contribution in [1.29, 1.82) is 0 Å². The van der Waals surface area contributed by atoms with Gasteiger partial charge in [0.25, 0.3) is 11.1 Å². The third kappa shape index (κ3) is 3.38. The van der Waals surface area contributed by atoms with Gasteiger partial charge in [-0.25, -0.2) is 4.68 Å². The molecular weight excluding hydrogens is 392 g/mol. The Kier molecular flexibility index (Phi) is 4.84. The molecule has 1 atom stereocenters. The molecule has 1 aromatic carbocycles. The van der Waals surface area contributed by atoms with Crippen molar-refractivity contribution in [2.24, 2.45) is 5.92 Å². The van der Waals surface area contributed by atoms with E-state index in [-0.39, 0.29) is 16.8 Å². The summed E-state index contributed by atoms with van der Waals surface area (Å²) < 4.78 is 1.26. The fraction of sp³-hybridized carbons (Fsp3) is 0.238. The normalized spacial score (nSPS) is 12.7. The van der Waals surface area contributed by atoms with Gasteiger partial charge in [-0.2, -0.15) is 0 Å². The monoisotopic (exact) mass is 410 g/mol. The van der Waals surface area contributed by atoms with E-state index in [1.165, 1.54) is 4.68 Å². The van der Waals surface area contributed by atoms with E-state index in [1.54, 1.807) is 42.7 Å². The minimum Gasteiger partial charge on any atom is -0.350 e. The summed E-state index contributed by atoms with van der Waals surface area (Å²) in [6.45, 7) is 4.06. The molecule has 0 aliphatic rings. The molecule has 0 fully saturated rings. The summed E-state index contributed by atoms with van der Waals surface area (Å²) in [5.41, 5.74) is -0.390. The zero-order valence-corrected chi connectivity index (χ0v) is 16.7. The first-order valence-corrected chi connectivity index (χ1v) is 9.64. The maximum absolute atomic E-state index is 13.3. The molecule has 0 amide bonds. The van der Waals surface area contributed by atoms with Crippen molar-refractivity contribution in [1.82, 2.24) is 19.7 Å². The van der Waals surface area contributed by atoms with Crippen molar-refractivity contribution >= 4 is 33.4 Å². The van der Waals surface area contributed by atoms with Crippen molar-refractivity contribution in [3.8, 4) is 0 Å². The highest BCUT2D eigenvalue weighted by molar-refractivity contribution is 6.31. The largest absolute Gasteiger partial charge is 0.350 e. The van der Waals surface area contributed by atoms with Gasteiger partial charge in [0.2, 0.25) is 5.43 Å². The van der Waals surface area contributed by atoms with Crippen molar-refractivity contribution in [2.75, 3.05) is 0 Å². The maximum atomic E-state index is 13.3. The second-order valence-corrected chi connectivity index (χ2v) is 7.87. The molecule has 29 heavy (non-hydrogen) atoms. The highest BCUT2D eigenvalue weighted by atomic mass is 35.5. The van der Waals surface area contributed by atoms with E-state index in [0.717, 1.165) is 5.56 Å². The Labute approximate surface area is 170 Å². The Morgan fingerprint density at radius 3 is 2.52 bits per heavy atom. The van der Waals surface area contributed by atoms with Crippen LogP contribution >= 0.6 is 11.6 Å². The van der Waals surface area contributed by atoms with E-state index in [0.29, 0.717) is 22.3 Å². The second kappa shape index (κ2) is 7.33. The van der Waals surface area contributed by atoms with Crippen LogP contribution in [-0.4, -0.2) is 19.7 Å². The summed E-state index contributed by atoms with van der Waals surface area (Å²) in [6.07, 6.45) is 3.88. The van der Waals surface area contributed by atoms with Crippen molar-refractivity contribution < 1.29 is 0 Å². The lowest BCUT2D eigenvalue weighted by molar-refractivity contribution is 0.406. The van der Waals surface area contributed by atoms with Gasteiger partial charge in [-0.1, -0.05) is 25.4 Å². The number of hydrogen-bond acceptors (Lipinski definition) is 4.